The number of amidine groups is 1. The Morgan fingerprint density at radius 2 is 1.86 bits per heavy atom. The maximum absolute atomic E-state index is 12.3. The molecule has 2 aliphatic heterocycles. The molecule has 0 bridgehead atoms. The molecule has 0 aliphatic carbocycles. The molecule has 1 aromatic carbocycles. The van der Waals surface area contributed by atoms with Crippen LogP contribution in [0.15, 0.2) is 34.2 Å². The molecule has 0 saturated carbocycles. The minimum absolute atomic E-state index is 0.153. The third-order valence-electron chi connectivity index (χ3n) is 5.11. The van der Waals surface area contributed by atoms with Gasteiger partial charge < -0.3 is 9.80 Å². The molecule has 7 heteroatoms. The van der Waals surface area contributed by atoms with Crippen molar-refractivity contribution < 1.29 is 4.79 Å². The van der Waals surface area contributed by atoms with Gasteiger partial charge in [-0.15, -0.1) is 0 Å². The van der Waals surface area contributed by atoms with Crippen LogP contribution >= 0.6 is 11.8 Å². The van der Waals surface area contributed by atoms with Crippen molar-refractivity contribution in [1.29, 1.82) is 5.26 Å². The number of rotatable bonds is 6. The lowest BCUT2D eigenvalue weighted by Gasteiger charge is -2.34. The van der Waals surface area contributed by atoms with Crippen molar-refractivity contribution in [2.24, 2.45) is 4.99 Å². The van der Waals surface area contributed by atoms with Gasteiger partial charge in [-0.1, -0.05) is 12.1 Å². The number of carbonyl (C=O) groups excluding carboxylic acids is 1. The van der Waals surface area contributed by atoms with Gasteiger partial charge in [-0.2, -0.15) is 10.3 Å². The average molecular weight is 398 g/mol. The Kier molecular flexibility index (Phi) is 7.12. The first-order valence-electron chi connectivity index (χ1n) is 9.86. The van der Waals surface area contributed by atoms with Gasteiger partial charge >= 0.3 is 0 Å². The summed E-state index contributed by atoms with van der Waals surface area (Å²) in [7, 11) is 0. The van der Waals surface area contributed by atoms with Crippen LogP contribution in [0, 0.1) is 11.3 Å². The fraction of sp³-hybridized carbons (Fsp3) is 0.476. The number of nitriles is 1. The highest BCUT2D eigenvalue weighted by molar-refractivity contribution is 8.18. The Morgan fingerprint density at radius 1 is 1.18 bits per heavy atom. The van der Waals surface area contributed by atoms with Gasteiger partial charge in [0.15, 0.2) is 5.17 Å². The van der Waals surface area contributed by atoms with E-state index < -0.39 is 0 Å². The molecule has 0 spiro atoms. The highest BCUT2D eigenvalue weighted by atomic mass is 32.2. The van der Waals surface area contributed by atoms with Gasteiger partial charge in [-0.25, -0.2) is 0 Å². The predicted octanol–water partition coefficient (Wildman–Crippen LogP) is 3.03. The Bertz CT molecular complexity index is 784. The van der Waals surface area contributed by atoms with E-state index >= 15 is 0 Å². The van der Waals surface area contributed by atoms with E-state index in [1.54, 1.807) is 0 Å². The second kappa shape index (κ2) is 9.76. The summed E-state index contributed by atoms with van der Waals surface area (Å²) < 4.78 is 0. The van der Waals surface area contributed by atoms with Gasteiger partial charge in [0.05, 0.1) is 11.0 Å². The second-order valence-electron chi connectivity index (χ2n) is 6.81. The third-order valence-corrected chi connectivity index (χ3v) is 6.16. The van der Waals surface area contributed by atoms with E-state index in [-0.39, 0.29) is 5.91 Å². The summed E-state index contributed by atoms with van der Waals surface area (Å²) in [6.07, 6.45) is 2.49. The molecule has 0 aromatic heterocycles. The number of piperazine rings is 1. The van der Waals surface area contributed by atoms with Gasteiger partial charge in [0.2, 0.25) is 0 Å². The predicted molar refractivity (Wildman–Crippen MR) is 116 cm³/mol. The maximum Gasteiger partial charge on any atom is 0.286 e. The highest BCUT2D eigenvalue weighted by Gasteiger charge is 2.28. The molecule has 0 N–H and O–H groups in total. The minimum Gasteiger partial charge on any atom is -0.372 e. The highest BCUT2D eigenvalue weighted by Crippen LogP contribution is 2.31. The van der Waals surface area contributed by atoms with Crippen molar-refractivity contribution in [2.75, 3.05) is 50.7 Å². The van der Waals surface area contributed by atoms with E-state index in [0.29, 0.717) is 11.3 Å². The zero-order chi connectivity index (χ0) is 19.9. The summed E-state index contributed by atoms with van der Waals surface area (Å²) in [6.45, 7) is 10.6. The van der Waals surface area contributed by atoms with Crippen LogP contribution in [-0.4, -0.2) is 66.7 Å². The zero-order valence-corrected chi connectivity index (χ0v) is 17.4. The molecule has 2 heterocycles. The Balaban J connectivity index is 1.59. The lowest BCUT2D eigenvalue weighted by molar-refractivity contribution is -0.113. The first-order valence-corrected chi connectivity index (χ1v) is 10.7. The lowest BCUT2D eigenvalue weighted by Crippen LogP contribution is -2.47. The number of thioether (sulfide) groups is 1. The van der Waals surface area contributed by atoms with Gasteiger partial charge in [0, 0.05) is 57.9 Å². The number of amides is 1. The van der Waals surface area contributed by atoms with Crippen LogP contribution in [0.3, 0.4) is 0 Å². The van der Waals surface area contributed by atoms with Gasteiger partial charge in [-0.05, 0) is 49.4 Å². The third kappa shape index (κ3) is 4.94. The Labute approximate surface area is 171 Å². The number of carbonyl (C=O) groups is 1. The van der Waals surface area contributed by atoms with E-state index in [4.69, 9.17) is 5.26 Å². The molecule has 3 rings (SSSR count). The first kappa shape index (κ1) is 20.4. The van der Waals surface area contributed by atoms with Crippen molar-refractivity contribution in [2.45, 2.75) is 20.3 Å². The van der Waals surface area contributed by atoms with E-state index in [1.165, 1.54) is 17.4 Å². The molecule has 6 nitrogen and oxygen atoms in total. The smallest absolute Gasteiger partial charge is 0.286 e. The molecule has 1 fully saturated rings. The number of benzene rings is 1. The molecule has 0 radical (unpaired) electrons. The molecule has 1 aromatic rings. The van der Waals surface area contributed by atoms with Crippen molar-refractivity contribution in [3.05, 3.63) is 34.7 Å². The molecule has 0 unspecified atom stereocenters. The summed E-state index contributed by atoms with van der Waals surface area (Å²) in [5, 5.41) is 9.51. The molecule has 148 valence electrons. The maximum atomic E-state index is 12.3. The number of hydrogen-bond acceptors (Lipinski definition) is 6. The molecule has 1 saturated heterocycles. The number of hydrogen-bond donors (Lipinski definition) is 0. The molecule has 28 heavy (non-hydrogen) atoms. The van der Waals surface area contributed by atoms with E-state index in [1.807, 2.05) is 6.08 Å². The zero-order valence-electron chi connectivity index (χ0n) is 16.6. The normalized spacial score (nSPS) is 19.0. The fourth-order valence-corrected chi connectivity index (χ4v) is 4.39. The Morgan fingerprint density at radius 3 is 2.46 bits per heavy atom. The van der Waals surface area contributed by atoms with Gasteiger partial charge in [0.1, 0.15) is 0 Å². The monoisotopic (exact) mass is 397 g/mol. The average Bonchev–Trinajstić information content (AvgIpc) is 3.09. The summed E-state index contributed by atoms with van der Waals surface area (Å²) in [4.78, 5) is 24.1. The standard InChI is InChI=1S/C21H27N5OS/c1-3-25(4-2)18-8-6-17(7-9-18)16-19-20(27)23-21(28-19)26-14-12-24(13-15-26)11-5-10-22/h6-9,16H,3-5,11-15H2,1-2H3/b19-16-. The molecule has 2 aliphatic rings. The number of nitrogens with zero attached hydrogens (tertiary/aromatic N) is 5. The Hall–Kier alpha value is -2.30. The molecule has 0 atom stereocenters. The van der Waals surface area contributed by atoms with Crippen LogP contribution in [-0.2, 0) is 4.79 Å². The van der Waals surface area contributed by atoms with Crippen LogP contribution in [0.1, 0.15) is 25.8 Å². The summed E-state index contributed by atoms with van der Waals surface area (Å²) in [5.74, 6) is -0.153. The van der Waals surface area contributed by atoms with Crippen LogP contribution in [0.4, 0.5) is 5.69 Å². The van der Waals surface area contributed by atoms with Crippen LogP contribution in [0.2, 0.25) is 0 Å². The van der Waals surface area contributed by atoms with Crippen molar-refractivity contribution in [3.63, 3.8) is 0 Å². The molecular formula is C21H27N5OS. The second-order valence-corrected chi connectivity index (χ2v) is 7.82. The first-order chi connectivity index (χ1) is 13.6. The van der Waals surface area contributed by atoms with E-state index in [2.05, 4.69) is 63.9 Å². The van der Waals surface area contributed by atoms with Crippen LogP contribution in [0.25, 0.3) is 6.08 Å². The fourth-order valence-electron chi connectivity index (χ4n) is 3.43. The van der Waals surface area contributed by atoms with Gasteiger partial charge in [-0.3, -0.25) is 9.69 Å². The minimum atomic E-state index is -0.153. The number of aliphatic imine (C=N–C) groups is 1. The van der Waals surface area contributed by atoms with E-state index in [9.17, 15) is 4.79 Å². The quantitative estimate of drug-likeness (QED) is 0.688. The molecule has 1 amide bonds. The summed E-state index contributed by atoms with van der Waals surface area (Å²) in [6, 6.07) is 10.5. The van der Waals surface area contributed by atoms with Gasteiger partial charge in [0.25, 0.3) is 5.91 Å². The van der Waals surface area contributed by atoms with Crippen molar-refractivity contribution in [3.8, 4) is 6.07 Å². The van der Waals surface area contributed by atoms with Crippen LogP contribution in [0.5, 0.6) is 0 Å². The number of anilines is 1. The van der Waals surface area contributed by atoms with Crippen LogP contribution < -0.4 is 4.90 Å². The summed E-state index contributed by atoms with van der Waals surface area (Å²) >= 11 is 1.46. The van der Waals surface area contributed by atoms with Crippen molar-refractivity contribution in [1.82, 2.24) is 9.80 Å². The summed E-state index contributed by atoms with van der Waals surface area (Å²) in [5.41, 5.74) is 2.22. The van der Waals surface area contributed by atoms with E-state index in [0.717, 1.165) is 56.5 Å². The SMILES string of the molecule is CCN(CC)c1ccc(/C=C2\SC(N3CCN(CCC#N)CC3)=NC2=O)cc1. The van der Waals surface area contributed by atoms with Crippen molar-refractivity contribution >= 4 is 34.6 Å². The lowest BCUT2D eigenvalue weighted by atomic mass is 10.2. The molecular weight excluding hydrogens is 370 g/mol. The topological polar surface area (TPSA) is 62.9 Å². The largest absolute Gasteiger partial charge is 0.372 e.